The lowest BCUT2D eigenvalue weighted by Gasteiger charge is -2.22. The van der Waals surface area contributed by atoms with Crippen molar-refractivity contribution in [3.8, 4) is 0 Å². The molecule has 30 heavy (non-hydrogen) atoms. The van der Waals surface area contributed by atoms with E-state index < -0.39 is 0 Å². The van der Waals surface area contributed by atoms with Crippen LogP contribution in [0.5, 0.6) is 0 Å². The Balaban J connectivity index is 1.36. The van der Waals surface area contributed by atoms with E-state index in [1.807, 2.05) is 12.1 Å². The second-order valence-electron chi connectivity index (χ2n) is 6.82. The molecule has 4 heterocycles. The topological polar surface area (TPSA) is 104 Å². The van der Waals surface area contributed by atoms with Crippen LogP contribution in [-0.2, 0) is 0 Å². The van der Waals surface area contributed by atoms with Gasteiger partial charge in [0.2, 0.25) is 0 Å². The number of rotatable bonds is 4. The summed E-state index contributed by atoms with van der Waals surface area (Å²) in [5.74, 6) is 0.498. The summed E-state index contributed by atoms with van der Waals surface area (Å²) in [4.78, 5) is 45.3. The number of carbonyl (C=O) groups is 2. The summed E-state index contributed by atoms with van der Waals surface area (Å²) in [5.41, 5.74) is 1.52. The Bertz CT molecular complexity index is 997. The van der Waals surface area contributed by atoms with Gasteiger partial charge < -0.3 is 15.1 Å². The molecule has 0 saturated carbocycles. The van der Waals surface area contributed by atoms with Gasteiger partial charge in [0.1, 0.15) is 11.5 Å². The highest BCUT2D eigenvalue weighted by molar-refractivity contribution is 6.04. The van der Waals surface area contributed by atoms with Crippen LogP contribution in [0.4, 0.5) is 11.5 Å². The number of anilines is 2. The number of carbonyl (C=O) groups excluding carboxylic acids is 2. The number of nitrogens with one attached hydrogen (secondary N) is 1. The number of amides is 2. The lowest BCUT2D eigenvalue weighted by molar-refractivity contribution is 0.0760. The van der Waals surface area contributed by atoms with Gasteiger partial charge in [0.15, 0.2) is 0 Å². The van der Waals surface area contributed by atoms with Gasteiger partial charge in [0.25, 0.3) is 11.8 Å². The van der Waals surface area contributed by atoms with Gasteiger partial charge in [-0.05, 0) is 30.7 Å². The Kier molecular flexibility index (Phi) is 5.88. The molecule has 1 aliphatic rings. The van der Waals surface area contributed by atoms with Crippen LogP contribution in [0.3, 0.4) is 0 Å². The fourth-order valence-corrected chi connectivity index (χ4v) is 3.27. The van der Waals surface area contributed by atoms with E-state index in [1.54, 1.807) is 41.8 Å². The Morgan fingerprint density at radius 3 is 2.43 bits per heavy atom. The van der Waals surface area contributed by atoms with Gasteiger partial charge in [-0.1, -0.05) is 0 Å². The van der Waals surface area contributed by atoms with E-state index in [4.69, 9.17) is 0 Å². The van der Waals surface area contributed by atoms with E-state index in [9.17, 15) is 9.59 Å². The van der Waals surface area contributed by atoms with Crippen molar-refractivity contribution in [2.24, 2.45) is 0 Å². The summed E-state index contributed by atoms with van der Waals surface area (Å²) in [7, 11) is 0. The molecule has 3 aromatic heterocycles. The molecule has 3 aromatic rings. The number of hydrogen-bond acceptors (Lipinski definition) is 7. The van der Waals surface area contributed by atoms with Crippen molar-refractivity contribution in [2.45, 2.75) is 6.42 Å². The minimum Gasteiger partial charge on any atom is -0.355 e. The Labute approximate surface area is 173 Å². The number of nitrogens with zero attached hydrogens (tertiary/aromatic N) is 6. The largest absolute Gasteiger partial charge is 0.355 e. The van der Waals surface area contributed by atoms with Crippen molar-refractivity contribution >= 4 is 23.3 Å². The van der Waals surface area contributed by atoms with Crippen molar-refractivity contribution < 1.29 is 9.59 Å². The first-order valence-electron chi connectivity index (χ1n) is 9.68. The van der Waals surface area contributed by atoms with Crippen molar-refractivity contribution in [1.29, 1.82) is 0 Å². The normalized spacial score (nSPS) is 14.1. The summed E-state index contributed by atoms with van der Waals surface area (Å²) in [5, 5.41) is 2.83. The standard InChI is InChI=1S/C21H21N7O2/c29-20(16-4-6-22-7-5-16)26-17-2-3-19(25-14-17)27-10-1-11-28(13-12-27)21(30)18-15-23-8-9-24-18/h2-9,14-15H,1,10-13H2,(H,26,29). The molecule has 1 saturated heterocycles. The fraction of sp³-hybridized carbons (Fsp3) is 0.238. The average Bonchev–Trinajstić information content (AvgIpc) is 3.07. The van der Waals surface area contributed by atoms with E-state index in [1.165, 1.54) is 12.4 Å². The number of aromatic nitrogens is 4. The van der Waals surface area contributed by atoms with Crippen molar-refractivity contribution in [3.05, 3.63) is 72.7 Å². The summed E-state index contributed by atoms with van der Waals surface area (Å²) < 4.78 is 0. The number of pyridine rings is 2. The second kappa shape index (κ2) is 9.08. The Morgan fingerprint density at radius 1 is 0.833 bits per heavy atom. The summed E-state index contributed by atoms with van der Waals surface area (Å²) >= 11 is 0. The van der Waals surface area contributed by atoms with Crippen LogP contribution in [0.2, 0.25) is 0 Å². The van der Waals surface area contributed by atoms with Gasteiger partial charge in [0, 0.05) is 56.5 Å². The maximum absolute atomic E-state index is 12.6. The summed E-state index contributed by atoms with van der Waals surface area (Å²) in [6.07, 6.45) is 10.2. The van der Waals surface area contributed by atoms with Gasteiger partial charge in [-0.25, -0.2) is 9.97 Å². The van der Waals surface area contributed by atoms with E-state index in [0.717, 1.165) is 18.8 Å². The molecule has 0 atom stereocenters. The molecule has 0 radical (unpaired) electrons. The molecule has 2 amide bonds. The highest BCUT2D eigenvalue weighted by Gasteiger charge is 2.22. The average molecular weight is 403 g/mol. The van der Waals surface area contributed by atoms with E-state index in [-0.39, 0.29) is 11.8 Å². The quantitative estimate of drug-likeness (QED) is 0.709. The first-order chi connectivity index (χ1) is 14.7. The van der Waals surface area contributed by atoms with Crippen molar-refractivity contribution in [3.63, 3.8) is 0 Å². The van der Waals surface area contributed by atoms with Crippen LogP contribution in [-0.4, -0.2) is 62.8 Å². The van der Waals surface area contributed by atoms with Crippen LogP contribution in [0, 0.1) is 0 Å². The van der Waals surface area contributed by atoms with Gasteiger partial charge in [-0.15, -0.1) is 0 Å². The zero-order valence-electron chi connectivity index (χ0n) is 16.3. The monoisotopic (exact) mass is 403 g/mol. The van der Waals surface area contributed by atoms with Crippen LogP contribution >= 0.6 is 0 Å². The first kappa shape index (κ1) is 19.4. The Morgan fingerprint density at radius 2 is 1.70 bits per heavy atom. The second-order valence-corrected chi connectivity index (χ2v) is 6.82. The van der Waals surface area contributed by atoms with E-state index in [2.05, 4.69) is 30.2 Å². The fourth-order valence-electron chi connectivity index (χ4n) is 3.27. The SMILES string of the molecule is O=C(Nc1ccc(N2CCCN(C(=O)c3cnccn3)CC2)nc1)c1ccncc1. The third-order valence-electron chi connectivity index (χ3n) is 4.84. The molecule has 1 N–H and O–H groups in total. The molecule has 9 heteroatoms. The van der Waals surface area contributed by atoms with Crippen molar-refractivity contribution in [1.82, 2.24) is 24.8 Å². The number of hydrogen-bond donors (Lipinski definition) is 1. The summed E-state index contributed by atoms with van der Waals surface area (Å²) in [6, 6.07) is 7.02. The van der Waals surface area contributed by atoms with Crippen LogP contribution < -0.4 is 10.2 Å². The van der Waals surface area contributed by atoms with Gasteiger partial charge in [-0.3, -0.25) is 19.6 Å². The van der Waals surface area contributed by atoms with E-state index in [0.29, 0.717) is 36.6 Å². The lowest BCUT2D eigenvalue weighted by atomic mass is 10.2. The van der Waals surface area contributed by atoms with Crippen LogP contribution in [0.1, 0.15) is 27.3 Å². The van der Waals surface area contributed by atoms with Gasteiger partial charge in [0.05, 0.1) is 18.1 Å². The minimum absolute atomic E-state index is 0.105. The van der Waals surface area contributed by atoms with Crippen LogP contribution in [0.25, 0.3) is 0 Å². The molecule has 0 aliphatic carbocycles. The predicted molar refractivity (Wildman–Crippen MR) is 111 cm³/mol. The molecular formula is C21H21N7O2. The third kappa shape index (κ3) is 4.57. The molecule has 0 bridgehead atoms. The zero-order chi connectivity index (χ0) is 20.8. The maximum Gasteiger partial charge on any atom is 0.274 e. The molecule has 1 aliphatic heterocycles. The first-order valence-corrected chi connectivity index (χ1v) is 9.68. The van der Waals surface area contributed by atoms with Gasteiger partial charge in [-0.2, -0.15) is 0 Å². The van der Waals surface area contributed by atoms with Gasteiger partial charge >= 0.3 is 0 Å². The van der Waals surface area contributed by atoms with E-state index >= 15 is 0 Å². The molecule has 0 aromatic carbocycles. The van der Waals surface area contributed by atoms with Crippen LogP contribution in [0.15, 0.2) is 61.4 Å². The molecule has 152 valence electrons. The Hall–Kier alpha value is -3.88. The third-order valence-corrected chi connectivity index (χ3v) is 4.84. The molecule has 9 nitrogen and oxygen atoms in total. The highest BCUT2D eigenvalue weighted by Crippen LogP contribution is 2.17. The minimum atomic E-state index is -0.208. The van der Waals surface area contributed by atoms with Crippen molar-refractivity contribution in [2.75, 3.05) is 36.4 Å². The highest BCUT2D eigenvalue weighted by atomic mass is 16.2. The molecule has 0 unspecified atom stereocenters. The summed E-state index contributed by atoms with van der Waals surface area (Å²) in [6.45, 7) is 2.70. The predicted octanol–water partition coefficient (Wildman–Crippen LogP) is 1.87. The molecule has 4 rings (SSSR count). The lowest BCUT2D eigenvalue weighted by Crippen LogP contribution is -2.35. The smallest absolute Gasteiger partial charge is 0.274 e. The maximum atomic E-state index is 12.6. The molecule has 0 spiro atoms. The zero-order valence-corrected chi connectivity index (χ0v) is 16.3. The molecular weight excluding hydrogens is 382 g/mol. The molecule has 1 fully saturated rings.